The van der Waals surface area contributed by atoms with Crippen LogP contribution in [0.5, 0.6) is 0 Å². The number of rotatable bonds is 5. The first-order valence-corrected chi connectivity index (χ1v) is 8.87. The third-order valence-corrected chi connectivity index (χ3v) is 3.82. The molecule has 0 unspecified atom stereocenters. The zero-order chi connectivity index (χ0) is 20.2. The van der Waals surface area contributed by atoms with Crippen LogP contribution in [0.3, 0.4) is 0 Å². The number of hydrogen-bond donors (Lipinski definition) is 2. The number of carbonyl (C=O) groups is 2. The number of benzene rings is 1. The summed E-state index contributed by atoms with van der Waals surface area (Å²) in [5, 5.41) is 2.05. The number of ether oxygens (including phenoxy) is 1. The van der Waals surface area contributed by atoms with Crippen molar-refractivity contribution in [3.05, 3.63) is 41.0 Å². The number of halogens is 2. The summed E-state index contributed by atoms with van der Waals surface area (Å²) in [5.74, 6) is 0.0796. The molecule has 1 atom stereocenters. The molecule has 1 aromatic carbocycles. The van der Waals surface area contributed by atoms with Gasteiger partial charge in [-0.3, -0.25) is 4.79 Å². The molecule has 0 fully saturated rings. The van der Waals surface area contributed by atoms with Gasteiger partial charge in [-0.15, -0.1) is 0 Å². The Morgan fingerprint density at radius 2 is 1.85 bits per heavy atom. The second-order valence-electron chi connectivity index (χ2n) is 6.84. The Bertz CT molecular complexity index is 815. The van der Waals surface area contributed by atoms with Crippen molar-refractivity contribution in [1.29, 1.82) is 0 Å². The minimum absolute atomic E-state index is 0.0796. The highest BCUT2D eigenvalue weighted by atomic mass is 35.5. The van der Waals surface area contributed by atoms with Crippen molar-refractivity contribution in [2.75, 3.05) is 5.73 Å². The topological polar surface area (TPSA) is 107 Å². The molecule has 0 saturated carbocycles. The van der Waals surface area contributed by atoms with Crippen LogP contribution in [0.2, 0.25) is 5.15 Å². The third kappa shape index (κ3) is 6.69. The Morgan fingerprint density at radius 1 is 1.22 bits per heavy atom. The summed E-state index contributed by atoms with van der Waals surface area (Å²) >= 11 is 11.5. The van der Waals surface area contributed by atoms with Crippen LogP contribution in [-0.4, -0.2) is 32.9 Å². The fourth-order valence-corrected chi connectivity index (χ4v) is 2.59. The molecule has 2 aromatic rings. The summed E-state index contributed by atoms with van der Waals surface area (Å²) in [7, 11) is 0. The molecule has 2 rings (SSSR count). The zero-order valence-electron chi connectivity index (χ0n) is 15.1. The molecule has 0 spiro atoms. The Morgan fingerprint density at radius 3 is 2.37 bits per heavy atom. The molecular weight excluding hydrogens is 391 g/mol. The molecule has 0 aliphatic heterocycles. The molecule has 0 radical (unpaired) electrons. The number of nitrogen functional groups attached to an aromatic ring is 1. The van der Waals surface area contributed by atoms with Crippen molar-refractivity contribution in [3.8, 4) is 11.3 Å². The first-order chi connectivity index (χ1) is 12.5. The predicted molar refractivity (Wildman–Crippen MR) is 105 cm³/mol. The third-order valence-electron chi connectivity index (χ3n) is 3.37. The second kappa shape index (κ2) is 8.54. The molecule has 0 aliphatic carbocycles. The van der Waals surface area contributed by atoms with Crippen LogP contribution < -0.4 is 11.1 Å². The maximum atomic E-state index is 11.9. The van der Waals surface area contributed by atoms with E-state index >= 15 is 0 Å². The highest BCUT2D eigenvalue weighted by Gasteiger charge is 2.23. The van der Waals surface area contributed by atoms with E-state index in [0.717, 1.165) is 11.1 Å². The number of nitrogens with one attached hydrogen (secondary N) is 1. The van der Waals surface area contributed by atoms with E-state index in [9.17, 15) is 9.59 Å². The minimum atomic E-state index is -0.906. The molecule has 1 heterocycles. The Balaban J connectivity index is 2.10. The lowest BCUT2D eigenvalue weighted by atomic mass is 10.0. The smallest absolute Gasteiger partial charge is 0.408 e. The Labute approximate surface area is 167 Å². The van der Waals surface area contributed by atoms with E-state index in [1.54, 1.807) is 51.1 Å². The van der Waals surface area contributed by atoms with E-state index < -0.39 is 23.0 Å². The number of nitrogens with two attached hydrogens (primary N) is 1. The summed E-state index contributed by atoms with van der Waals surface area (Å²) in [6.07, 6.45) is -0.488. The van der Waals surface area contributed by atoms with Gasteiger partial charge in [0.1, 0.15) is 16.8 Å². The van der Waals surface area contributed by atoms with Crippen molar-refractivity contribution in [2.45, 2.75) is 38.8 Å². The molecule has 1 amide bonds. The first kappa shape index (κ1) is 20.9. The van der Waals surface area contributed by atoms with Crippen molar-refractivity contribution in [3.63, 3.8) is 0 Å². The van der Waals surface area contributed by atoms with Crippen LogP contribution in [-0.2, 0) is 16.0 Å². The van der Waals surface area contributed by atoms with Crippen LogP contribution in [0.15, 0.2) is 30.3 Å². The molecule has 3 N–H and O–H groups in total. The first-order valence-electron chi connectivity index (χ1n) is 8.12. The largest absolute Gasteiger partial charge is 0.444 e. The average Bonchev–Trinajstić information content (AvgIpc) is 2.52. The Kier molecular flexibility index (Phi) is 6.62. The van der Waals surface area contributed by atoms with E-state index in [-0.39, 0.29) is 17.5 Å². The minimum Gasteiger partial charge on any atom is -0.444 e. The van der Waals surface area contributed by atoms with Gasteiger partial charge in [0.15, 0.2) is 0 Å². The SMILES string of the molecule is CC(C)(C)OC(=O)N[C@@H](Cc1ccc(-c2cc(Cl)nc(N)n2)cc1)C(=O)Cl. The monoisotopic (exact) mass is 410 g/mol. The quantitative estimate of drug-likeness (QED) is 0.575. The van der Waals surface area contributed by atoms with Gasteiger partial charge in [0.2, 0.25) is 11.2 Å². The number of aromatic nitrogens is 2. The van der Waals surface area contributed by atoms with Crippen molar-refractivity contribution in [2.24, 2.45) is 0 Å². The fraction of sp³-hybridized carbons (Fsp3) is 0.333. The molecule has 27 heavy (non-hydrogen) atoms. The molecule has 0 saturated heterocycles. The van der Waals surface area contributed by atoms with Crippen LogP contribution in [0.1, 0.15) is 26.3 Å². The maximum Gasteiger partial charge on any atom is 0.408 e. The second-order valence-corrected chi connectivity index (χ2v) is 7.60. The van der Waals surface area contributed by atoms with Crippen molar-refractivity contribution < 1.29 is 14.3 Å². The predicted octanol–water partition coefficient (Wildman–Crippen LogP) is 3.58. The lowest BCUT2D eigenvalue weighted by Crippen LogP contribution is -2.43. The lowest BCUT2D eigenvalue weighted by molar-refractivity contribution is -0.113. The Hall–Kier alpha value is -2.38. The molecular formula is C18H20Cl2N4O3. The summed E-state index contributed by atoms with van der Waals surface area (Å²) in [6.45, 7) is 5.19. The number of nitrogens with zero attached hydrogens (tertiary/aromatic N) is 2. The van der Waals surface area contributed by atoms with Crippen LogP contribution in [0.4, 0.5) is 10.7 Å². The number of anilines is 1. The lowest BCUT2D eigenvalue weighted by Gasteiger charge is -2.22. The average molecular weight is 411 g/mol. The van der Waals surface area contributed by atoms with Gasteiger partial charge in [0.25, 0.3) is 0 Å². The van der Waals surface area contributed by atoms with Gasteiger partial charge < -0.3 is 15.8 Å². The highest BCUT2D eigenvalue weighted by Crippen LogP contribution is 2.21. The van der Waals surface area contributed by atoms with Crippen molar-refractivity contribution in [1.82, 2.24) is 15.3 Å². The van der Waals surface area contributed by atoms with Gasteiger partial charge in [0.05, 0.1) is 5.69 Å². The van der Waals surface area contributed by atoms with E-state index in [1.165, 1.54) is 0 Å². The molecule has 144 valence electrons. The number of carbonyl (C=O) groups excluding carboxylic acids is 2. The maximum absolute atomic E-state index is 11.9. The van der Waals surface area contributed by atoms with E-state index in [4.69, 9.17) is 33.7 Å². The van der Waals surface area contributed by atoms with Gasteiger partial charge in [-0.25, -0.2) is 14.8 Å². The standard InChI is InChI=1S/C18H20Cl2N4O3/c1-18(2,3)27-17(26)23-13(15(20)25)8-10-4-6-11(7-5-10)12-9-14(19)24-16(21)22-12/h4-7,9,13H,8H2,1-3H3,(H,23,26)(H2,21,22,24)/t13-/m0/s1. The van der Waals surface area contributed by atoms with Crippen LogP contribution in [0.25, 0.3) is 11.3 Å². The zero-order valence-corrected chi connectivity index (χ0v) is 16.6. The normalized spacial score (nSPS) is 12.3. The summed E-state index contributed by atoms with van der Waals surface area (Å²) in [5.41, 5.74) is 7.08. The summed E-state index contributed by atoms with van der Waals surface area (Å²) in [6, 6.07) is 7.89. The van der Waals surface area contributed by atoms with Crippen LogP contribution >= 0.6 is 23.2 Å². The summed E-state index contributed by atoms with van der Waals surface area (Å²) in [4.78, 5) is 31.5. The van der Waals surface area contributed by atoms with Gasteiger partial charge in [0, 0.05) is 18.1 Å². The van der Waals surface area contributed by atoms with E-state index in [1.807, 2.05) is 0 Å². The molecule has 9 heteroatoms. The number of alkyl carbamates (subject to hydrolysis) is 1. The van der Waals surface area contributed by atoms with Crippen LogP contribution in [0, 0.1) is 0 Å². The van der Waals surface area contributed by atoms with Gasteiger partial charge in [-0.2, -0.15) is 0 Å². The molecule has 0 bridgehead atoms. The highest BCUT2D eigenvalue weighted by molar-refractivity contribution is 6.64. The molecule has 0 aliphatic rings. The van der Waals surface area contributed by atoms with Gasteiger partial charge >= 0.3 is 6.09 Å². The molecule has 7 nitrogen and oxygen atoms in total. The summed E-state index contributed by atoms with van der Waals surface area (Å²) < 4.78 is 5.16. The van der Waals surface area contributed by atoms with Gasteiger partial charge in [-0.05, 0) is 37.9 Å². The van der Waals surface area contributed by atoms with E-state index in [0.29, 0.717) is 5.69 Å². The number of hydrogen-bond acceptors (Lipinski definition) is 6. The molecule has 1 aromatic heterocycles. The fourth-order valence-electron chi connectivity index (χ4n) is 2.27. The number of amides is 1. The van der Waals surface area contributed by atoms with Crippen molar-refractivity contribution >= 4 is 40.5 Å². The van der Waals surface area contributed by atoms with E-state index in [2.05, 4.69) is 15.3 Å². The van der Waals surface area contributed by atoms with Gasteiger partial charge in [-0.1, -0.05) is 35.9 Å².